The molecule has 2 aliphatic rings. The van der Waals surface area contributed by atoms with Gasteiger partial charge >= 0.3 is 10.2 Å². The Morgan fingerprint density at radius 3 is 2.38 bits per heavy atom. The van der Waals surface area contributed by atoms with E-state index in [4.69, 9.17) is 0 Å². The molecule has 5 rings (SSSR count). The van der Waals surface area contributed by atoms with Gasteiger partial charge in [0, 0.05) is 63.8 Å². The Morgan fingerprint density at radius 1 is 0.973 bits per heavy atom. The quantitative estimate of drug-likeness (QED) is 0.487. The number of carbonyl (C=O) groups excluding carboxylic acids is 2. The lowest BCUT2D eigenvalue weighted by atomic mass is 9.96. The highest BCUT2D eigenvalue weighted by atomic mass is 32.2. The summed E-state index contributed by atoms with van der Waals surface area (Å²) >= 11 is 0. The van der Waals surface area contributed by atoms with Crippen molar-refractivity contribution in [3.8, 4) is 0 Å². The van der Waals surface area contributed by atoms with Crippen LogP contribution in [0.25, 0.3) is 5.65 Å². The maximum Gasteiger partial charge on any atom is 0.306 e. The third-order valence-corrected chi connectivity index (χ3v) is 9.12. The fraction of sp³-hybridized carbons (Fsp3) is 0.423. The number of carbonyl (C=O) groups is 2. The van der Waals surface area contributed by atoms with Crippen LogP contribution in [0.1, 0.15) is 28.8 Å². The molecular weight excluding hydrogens is 492 g/mol. The third kappa shape index (κ3) is 5.39. The summed E-state index contributed by atoms with van der Waals surface area (Å²) in [4.78, 5) is 35.0. The van der Waals surface area contributed by atoms with Crippen LogP contribution >= 0.6 is 0 Å². The van der Waals surface area contributed by atoms with Crippen LogP contribution in [0, 0.1) is 5.92 Å². The maximum atomic E-state index is 13.8. The van der Waals surface area contributed by atoms with Gasteiger partial charge in [-0.05, 0) is 37.6 Å². The summed E-state index contributed by atoms with van der Waals surface area (Å²) in [6.07, 6.45) is 5.82. The molecule has 0 saturated carbocycles. The largest absolute Gasteiger partial charge is 0.340 e. The van der Waals surface area contributed by atoms with Gasteiger partial charge in [-0.15, -0.1) is 0 Å². The first-order valence-corrected chi connectivity index (χ1v) is 14.0. The van der Waals surface area contributed by atoms with E-state index in [-0.39, 0.29) is 37.0 Å². The molecular formula is C26H32N6O4S. The number of benzene rings is 1. The van der Waals surface area contributed by atoms with Gasteiger partial charge in [-0.25, -0.2) is 9.29 Å². The minimum atomic E-state index is -4.13. The normalized spacial score (nSPS) is 18.2. The monoisotopic (exact) mass is 524 g/mol. The summed E-state index contributed by atoms with van der Waals surface area (Å²) in [6.45, 7) is 3.42. The van der Waals surface area contributed by atoms with Gasteiger partial charge in [-0.2, -0.15) is 12.7 Å². The predicted molar refractivity (Wildman–Crippen MR) is 139 cm³/mol. The number of pyridine rings is 1. The molecule has 4 heterocycles. The Balaban J connectivity index is 1.34. The highest BCUT2D eigenvalue weighted by Gasteiger charge is 2.38. The second-order valence-electron chi connectivity index (χ2n) is 9.72. The number of hydrogen-bond acceptors (Lipinski definition) is 6. The van der Waals surface area contributed by atoms with Crippen LogP contribution in [0.3, 0.4) is 0 Å². The number of likely N-dealkylation sites (N-methyl/N-ethyl adjacent to an activating group) is 1. The lowest BCUT2D eigenvalue weighted by Gasteiger charge is -2.38. The summed E-state index contributed by atoms with van der Waals surface area (Å²) in [5, 5.41) is 0. The Hall–Kier alpha value is -3.28. The number of hydrogen-bond donors (Lipinski definition) is 0. The highest BCUT2D eigenvalue weighted by Crippen LogP contribution is 2.26. The summed E-state index contributed by atoms with van der Waals surface area (Å²) in [6, 6.07) is 12.4. The zero-order chi connectivity index (χ0) is 26.0. The maximum absolute atomic E-state index is 13.8. The number of rotatable bonds is 6. The molecule has 0 radical (unpaired) electrons. The molecule has 0 N–H and O–H groups in total. The van der Waals surface area contributed by atoms with Crippen molar-refractivity contribution >= 4 is 27.7 Å². The van der Waals surface area contributed by atoms with Crippen LogP contribution in [0.2, 0.25) is 0 Å². The van der Waals surface area contributed by atoms with E-state index in [1.807, 2.05) is 30.1 Å². The molecule has 196 valence electrons. The highest BCUT2D eigenvalue weighted by molar-refractivity contribution is 7.87. The number of piperidine rings is 1. The van der Waals surface area contributed by atoms with Crippen molar-refractivity contribution in [3.63, 3.8) is 0 Å². The Morgan fingerprint density at radius 2 is 1.68 bits per heavy atom. The third-order valence-electron chi connectivity index (χ3n) is 7.25. The standard InChI is InChI=1S/C26H32N6O4S/c1-28-15-17-29(18-16-28)25(33)22-9-12-31(13-10-22)37(35,36)32(19-21-5-3-2-4-6-21)26(34)23-7-8-24-27-11-14-30(24)20-23/h2-8,11,14,20,22H,9-10,12-13,15-19H2,1H3. The van der Waals surface area contributed by atoms with E-state index in [2.05, 4.69) is 9.88 Å². The second kappa shape index (κ2) is 10.6. The number of fused-ring (bicyclic) bond motifs is 1. The van der Waals surface area contributed by atoms with Gasteiger partial charge in [-0.3, -0.25) is 9.59 Å². The molecule has 2 saturated heterocycles. The smallest absolute Gasteiger partial charge is 0.306 e. The first-order valence-electron chi connectivity index (χ1n) is 12.6. The molecule has 1 aromatic carbocycles. The lowest BCUT2D eigenvalue weighted by molar-refractivity contribution is -0.138. The van der Waals surface area contributed by atoms with E-state index in [9.17, 15) is 18.0 Å². The van der Waals surface area contributed by atoms with Crippen molar-refractivity contribution in [1.29, 1.82) is 0 Å². The van der Waals surface area contributed by atoms with Crippen molar-refractivity contribution < 1.29 is 18.0 Å². The molecule has 2 aliphatic heterocycles. The van der Waals surface area contributed by atoms with E-state index < -0.39 is 16.1 Å². The lowest BCUT2D eigenvalue weighted by Crippen LogP contribution is -2.52. The minimum absolute atomic E-state index is 0.0792. The number of imidazole rings is 1. The van der Waals surface area contributed by atoms with Crippen LogP contribution in [0.4, 0.5) is 0 Å². The van der Waals surface area contributed by atoms with E-state index in [1.165, 1.54) is 4.31 Å². The van der Waals surface area contributed by atoms with Crippen LogP contribution in [0.15, 0.2) is 61.1 Å². The average molecular weight is 525 g/mol. The first-order chi connectivity index (χ1) is 17.8. The van der Waals surface area contributed by atoms with Gasteiger partial charge in [0.25, 0.3) is 5.91 Å². The second-order valence-corrected chi connectivity index (χ2v) is 11.6. The van der Waals surface area contributed by atoms with E-state index in [1.54, 1.807) is 47.3 Å². The Bertz CT molecular complexity index is 1360. The molecule has 0 unspecified atom stereocenters. The van der Waals surface area contributed by atoms with Gasteiger partial charge in [0.2, 0.25) is 5.91 Å². The SMILES string of the molecule is CN1CCN(C(=O)C2CCN(S(=O)(=O)N(Cc3ccccc3)C(=O)c3ccc4nccn4c3)CC2)CC1. The van der Waals surface area contributed by atoms with Crippen molar-refractivity contribution in [2.45, 2.75) is 19.4 Å². The molecule has 0 spiro atoms. The summed E-state index contributed by atoms with van der Waals surface area (Å²) in [5.41, 5.74) is 1.63. The van der Waals surface area contributed by atoms with E-state index in [0.717, 1.165) is 17.4 Å². The molecule has 0 bridgehead atoms. The molecule has 2 aromatic heterocycles. The van der Waals surface area contributed by atoms with Crippen molar-refractivity contribution in [2.24, 2.45) is 5.92 Å². The fourth-order valence-corrected chi connectivity index (χ4v) is 6.53. The topological polar surface area (TPSA) is 98.5 Å². The molecule has 2 amide bonds. The Kier molecular flexibility index (Phi) is 7.27. The fourth-order valence-electron chi connectivity index (χ4n) is 4.96. The van der Waals surface area contributed by atoms with Crippen molar-refractivity contribution in [1.82, 2.24) is 27.8 Å². The number of nitrogens with zero attached hydrogens (tertiary/aromatic N) is 6. The zero-order valence-corrected chi connectivity index (χ0v) is 21.8. The van der Waals surface area contributed by atoms with E-state index in [0.29, 0.717) is 37.1 Å². The Labute approximate surface area is 217 Å². The van der Waals surface area contributed by atoms with Crippen molar-refractivity contribution in [2.75, 3.05) is 46.3 Å². The predicted octanol–water partition coefficient (Wildman–Crippen LogP) is 1.71. The van der Waals surface area contributed by atoms with Gasteiger partial charge in [0.15, 0.2) is 0 Å². The van der Waals surface area contributed by atoms with Gasteiger partial charge in [0.1, 0.15) is 5.65 Å². The average Bonchev–Trinajstić information content (AvgIpc) is 3.40. The number of piperazine rings is 1. The molecule has 37 heavy (non-hydrogen) atoms. The molecule has 2 fully saturated rings. The van der Waals surface area contributed by atoms with Crippen LogP contribution < -0.4 is 0 Å². The summed E-state index contributed by atoms with van der Waals surface area (Å²) in [5.74, 6) is -0.692. The summed E-state index contributed by atoms with van der Waals surface area (Å²) < 4.78 is 31.7. The molecule has 3 aromatic rings. The van der Waals surface area contributed by atoms with Gasteiger partial charge in [0.05, 0.1) is 12.1 Å². The van der Waals surface area contributed by atoms with Crippen LogP contribution in [-0.2, 0) is 21.5 Å². The molecule has 11 heteroatoms. The number of amides is 2. The van der Waals surface area contributed by atoms with Crippen LogP contribution in [-0.4, -0.2) is 94.3 Å². The molecule has 0 atom stereocenters. The van der Waals surface area contributed by atoms with E-state index >= 15 is 0 Å². The van der Waals surface area contributed by atoms with Gasteiger partial charge in [-0.1, -0.05) is 30.3 Å². The van der Waals surface area contributed by atoms with Gasteiger partial charge < -0.3 is 14.2 Å². The minimum Gasteiger partial charge on any atom is -0.340 e. The molecule has 10 nitrogen and oxygen atoms in total. The molecule has 0 aliphatic carbocycles. The number of aromatic nitrogens is 2. The van der Waals surface area contributed by atoms with Crippen molar-refractivity contribution in [3.05, 3.63) is 72.2 Å². The van der Waals surface area contributed by atoms with Crippen LogP contribution in [0.5, 0.6) is 0 Å². The zero-order valence-electron chi connectivity index (χ0n) is 20.9. The summed E-state index contributed by atoms with van der Waals surface area (Å²) in [7, 11) is -2.09. The first kappa shape index (κ1) is 25.4.